The lowest BCUT2D eigenvalue weighted by molar-refractivity contribution is -0.140. The number of hydrogen-bond donors (Lipinski definition) is 1. The van der Waals surface area contributed by atoms with Gasteiger partial charge in [0, 0.05) is 24.5 Å². The largest absolute Gasteiger partial charge is 0.419 e. The van der Waals surface area contributed by atoms with E-state index >= 15 is 0 Å². The number of carbonyl (C=O) groups is 1. The summed E-state index contributed by atoms with van der Waals surface area (Å²) in [5.74, 6) is -2.13. The Morgan fingerprint density at radius 2 is 2.00 bits per heavy atom. The van der Waals surface area contributed by atoms with Crippen molar-refractivity contribution in [2.24, 2.45) is 0 Å². The third kappa shape index (κ3) is 3.60. The van der Waals surface area contributed by atoms with E-state index in [1.54, 1.807) is 18.5 Å². The molecule has 3 nitrogen and oxygen atoms in total. The number of alkyl halides is 3. The van der Waals surface area contributed by atoms with E-state index in [-0.39, 0.29) is 12.1 Å². The number of rotatable bonds is 3. The topological polar surface area (TPSA) is 42.0 Å². The first-order valence-corrected chi connectivity index (χ1v) is 6.33. The lowest BCUT2D eigenvalue weighted by Crippen LogP contribution is -2.23. The molecule has 0 aliphatic carbocycles. The highest BCUT2D eigenvalue weighted by atomic mass is 19.4. The highest BCUT2D eigenvalue weighted by molar-refractivity contribution is 5.94. The molecule has 2 rings (SSSR count). The molecule has 1 heterocycles. The lowest BCUT2D eigenvalue weighted by atomic mass is 10.1. The SMILES string of the molecule is Cc1ccncc1CNC(=O)c1ccc(C(F)(F)F)c(F)c1. The molecule has 0 spiro atoms. The summed E-state index contributed by atoms with van der Waals surface area (Å²) in [7, 11) is 0. The fourth-order valence-electron chi connectivity index (χ4n) is 1.85. The molecule has 116 valence electrons. The van der Waals surface area contributed by atoms with Crippen LogP contribution < -0.4 is 5.32 Å². The second-order valence-electron chi connectivity index (χ2n) is 4.68. The van der Waals surface area contributed by atoms with E-state index in [9.17, 15) is 22.4 Å². The van der Waals surface area contributed by atoms with E-state index in [4.69, 9.17) is 0 Å². The zero-order chi connectivity index (χ0) is 16.3. The predicted molar refractivity (Wildman–Crippen MR) is 71.5 cm³/mol. The van der Waals surface area contributed by atoms with Crippen LogP contribution in [-0.2, 0) is 12.7 Å². The Hall–Kier alpha value is -2.44. The normalized spacial score (nSPS) is 11.3. The number of benzene rings is 1. The minimum absolute atomic E-state index is 0.154. The molecule has 1 N–H and O–H groups in total. The second-order valence-corrected chi connectivity index (χ2v) is 4.68. The van der Waals surface area contributed by atoms with E-state index in [1.165, 1.54) is 0 Å². The van der Waals surface area contributed by atoms with Crippen LogP contribution in [0.5, 0.6) is 0 Å². The van der Waals surface area contributed by atoms with Crippen molar-refractivity contribution in [3.8, 4) is 0 Å². The molecule has 0 aliphatic rings. The van der Waals surface area contributed by atoms with Crippen molar-refractivity contribution in [3.63, 3.8) is 0 Å². The molecule has 1 aromatic carbocycles. The van der Waals surface area contributed by atoms with Crippen molar-refractivity contribution in [2.75, 3.05) is 0 Å². The van der Waals surface area contributed by atoms with Crippen LogP contribution in [-0.4, -0.2) is 10.9 Å². The minimum atomic E-state index is -4.79. The number of aromatic nitrogens is 1. The van der Waals surface area contributed by atoms with Crippen molar-refractivity contribution in [2.45, 2.75) is 19.6 Å². The van der Waals surface area contributed by atoms with E-state index < -0.39 is 23.5 Å². The van der Waals surface area contributed by atoms with Gasteiger partial charge in [-0.25, -0.2) is 4.39 Å². The maximum atomic E-state index is 13.4. The number of pyridine rings is 1. The number of halogens is 4. The summed E-state index contributed by atoms with van der Waals surface area (Å²) in [5, 5.41) is 2.51. The number of nitrogens with zero attached hydrogens (tertiary/aromatic N) is 1. The Balaban J connectivity index is 2.11. The van der Waals surface area contributed by atoms with Crippen LogP contribution in [0.4, 0.5) is 17.6 Å². The third-order valence-electron chi connectivity index (χ3n) is 3.12. The van der Waals surface area contributed by atoms with Crippen molar-refractivity contribution in [1.29, 1.82) is 0 Å². The van der Waals surface area contributed by atoms with Crippen molar-refractivity contribution in [3.05, 3.63) is 64.7 Å². The van der Waals surface area contributed by atoms with Crippen molar-refractivity contribution in [1.82, 2.24) is 10.3 Å². The minimum Gasteiger partial charge on any atom is -0.348 e. The summed E-state index contributed by atoms with van der Waals surface area (Å²) in [6, 6.07) is 3.84. The second kappa shape index (κ2) is 6.13. The van der Waals surface area contributed by atoms with Crippen molar-refractivity contribution >= 4 is 5.91 Å². The maximum absolute atomic E-state index is 13.4. The smallest absolute Gasteiger partial charge is 0.348 e. The standard InChI is InChI=1S/C15H12F4N2O/c1-9-4-5-20-7-11(9)8-21-14(22)10-2-3-12(13(16)6-10)15(17,18)19/h2-7H,8H2,1H3,(H,21,22). The first kappa shape index (κ1) is 15.9. The van der Waals surface area contributed by atoms with Crippen LogP contribution in [0.2, 0.25) is 0 Å². The Morgan fingerprint density at radius 1 is 1.27 bits per heavy atom. The molecule has 2 aromatic rings. The molecule has 0 saturated heterocycles. The molecule has 22 heavy (non-hydrogen) atoms. The zero-order valence-corrected chi connectivity index (χ0v) is 11.5. The van der Waals surface area contributed by atoms with Gasteiger partial charge in [-0.05, 0) is 42.3 Å². The molecule has 1 amide bonds. The average Bonchev–Trinajstić information content (AvgIpc) is 2.44. The van der Waals surface area contributed by atoms with Crippen LogP contribution in [0.1, 0.15) is 27.0 Å². The molecule has 0 unspecified atom stereocenters. The summed E-state index contributed by atoms with van der Waals surface area (Å²) in [6.45, 7) is 1.99. The number of amides is 1. The molecular weight excluding hydrogens is 300 g/mol. The molecule has 0 fully saturated rings. The molecule has 0 radical (unpaired) electrons. The Labute approximate surface area is 124 Å². The molecule has 1 aromatic heterocycles. The monoisotopic (exact) mass is 312 g/mol. The fraction of sp³-hybridized carbons (Fsp3) is 0.200. The van der Waals surface area contributed by atoms with Gasteiger partial charge in [0.15, 0.2) is 0 Å². The van der Waals surface area contributed by atoms with Crippen LogP contribution in [0.15, 0.2) is 36.7 Å². The van der Waals surface area contributed by atoms with E-state index in [2.05, 4.69) is 10.3 Å². The van der Waals surface area contributed by atoms with Gasteiger partial charge in [-0.15, -0.1) is 0 Å². The summed E-state index contributed by atoms with van der Waals surface area (Å²) in [6.07, 6.45) is -1.61. The van der Waals surface area contributed by atoms with Gasteiger partial charge in [-0.1, -0.05) is 0 Å². The maximum Gasteiger partial charge on any atom is 0.419 e. The summed E-state index contributed by atoms with van der Waals surface area (Å²) < 4.78 is 50.8. The number of carbonyl (C=O) groups excluding carboxylic acids is 1. The number of aryl methyl sites for hydroxylation is 1. The van der Waals surface area contributed by atoms with E-state index in [1.807, 2.05) is 6.92 Å². The van der Waals surface area contributed by atoms with E-state index in [0.29, 0.717) is 12.1 Å². The van der Waals surface area contributed by atoms with Gasteiger partial charge in [-0.3, -0.25) is 9.78 Å². The Kier molecular flexibility index (Phi) is 4.44. The predicted octanol–water partition coefficient (Wildman–Crippen LogP) is 3.48. The molecular formula is C15H12F4N2O. The first-order valence-electron chi connectivity index (χ1n) is 6.33. The fourth-order valence-corrected chi connectivity index (χ4v) is 1.85. The van der Waals surface area contributed by atoms with Gasteiger partial charge >= 0.3 is 6.18 Å². The summed E-state index contributed by atoms with van der Waals surface area (Å²) >= 11 is 0. The van der Waals surface area contributed by atoms with Crippen LogP contribution >= 0.6 is 0 Å². The summed E-state index contributed by atoms with van der Waals surface area (Å²) in [5.41, 5.74) is 0.108. The first-order chi connectivity index (χ1) is 10.3. The zero-order valence-electron chi connectivity index (χ0n) is 11.5. The van der Waals surface area contributed by atoms with Crippen molar-refractivity contribution < 1.29 is 22.4 Å². The van der Waals surface area contributed by atoms with Gasteiger partial charge < -0.3 is 5.32 Å². The third-order valence-corrected chi connectivity index (χ3v) is 3.12. The number of hydrogen-bond acceptors (Lipinski definition) is 2. The Bertz CT molecular complexity index is 698. The molecule has 0 atom stereocenters. The van der Waals surface area contributed by atoms with Gasteiger partial charge in [0.2, 0.25) is 0 Å². The van der Waals surface area contributed by atoms with E-state index in [0.717, 1.165) is 17.2 Å². The quantitative estimate of drug-likeness (QED) is 0.882. The molecule has 0 saturated carbocycles. The average molecular weight is 312 g/mol. The molecule has 7 heteroatoms. The molecule has 0 bridgehead atoms. The van der Waals surface area contributed by atoms with Crippen LogP contribution in [0.3, 0.4) is 0 Å². The number of nitrogens with one attached hydrogen (secondary N) is 1. The lowest BCUT2D eigenvalue weighted by Gasteiger charge is -2.10. The van der Waals surface area contributed by atoms with Gasteiger partial charge in [0.05, 0.1) is 5.56 Å². The van der Waals surface area contributed by atoms with Gasteiger partial charge in [0.1, 0.15) is 5.82 Å². The highest BCUT2D eigenvalue weighted by Crippen LogP contribution is 2.31. The molecule has 0 aliphatic heterocycles. The highest BCUT2D eigenvalue weighted by Gasteiger charge is 2.34. The summed E-state index contributed by atoms with van der Waals surface area (Å²) in [4.78, 5) is 15.8. The Morgan fingerprint density at radius 3 is 2.59 bits per heavy atom. The van der Waals surface area contributed by atoms with Gasteiger partial charge in [-0.2, -0.15) is 13.2 Å². The van der Waals surface area contributed by atoms with Gasteiger partial charge in [0.25, 0.3) is 5.91 Å². The van der Waals surface area contributed by atoms with Crippen LogP contribution in [0, 0.1) is 12.7 Å². The van der Waals surface area contributed by atoms with Crippen LogP contribution in [0.25, 0.3) is 0 Å².